The number of likely N-dealkylation sites (tertiary alicyclic amines) is 1. The number of urea groups is 1. The highest BCUT2D eigenvalue weighted by Crippen LogP contribution is 2.31. The highest BCUT2D eigenvalue weighted by Gasteiger charge is 2.31. The van der Waals surface area contributed by atoms with Crippen molar-refractivity contribution in [2.45, 2.75) is 32.5 Å². The molecule has 144 valence electrons. The van der Waals surface area contributed by atoms with Gasteiger partial charge in [-0.2, -0.15) is 5.26 Å². The van der Waals surface area contributed by atoms with Gasteiger partial charge in [0.25, 0.3) is 0 Å². The van der Waals surface area contributed by atoms with Crippen LogP contribution in [0, 0.1) is 18.3 Å². The van der Waals surface area contributed by atoms with Crippen molar-refractivity contribution in [2.24, 2.45) is 0 Å². The quantitative estimate of drug-likeness (QED) is 0.682. The maximum atomic E-state index is 12.1. The number of ether oxygens (including phenoxy) is 1. The summed E-state index contributed by atoms with van der Waals surface area (Å²) in [5.41, 5.74) is 2.46. The Morgan fingerprint density at radius 1 is 1.50 bits per heavy atom. The summed E-state index contributed by atoms with van der Waals surface area (Å²) in [6.45, 7) is 3.00. The second-order valence-electron chi connectivity index (χ2n) is 6.67. The van der Waals surface area contributed by atoms with Crippen LogP contribution >= 0.6 is 11.6 Å². The third-order valence-corrected chi connectivity index (χ3v) is 4.93. The molecule has 0 radical (unpaired) electrons. The molecule has 8 nitrogen and oxygen atoms in total. The average Bonchev–Trinajstić information content (AvgIpc) is 3.22. The molecule has 2 amide bonds. The normalized spacial score (nSPS) is 15.9. The number of aryl methyl sites for hydroxylation is 1. The number of rotatable bonds is 5. The topological polar surface area (TPSA) is 107 Å². The van der Waals surface area contributed by atoms with Gasteiger partial charge < -0.3 is 24.5 Å². The number of aromatic nitrogens is 2. The highest BCUT2D eigenvalue weighted by molar-refractivity contribution is 6.32. The molecular weight excluding hydrogens is 382 g/mol. The fourth-order valence-electron chi connectivity index (χ4n) is 3.07. The Morgan fingerprint density at radius 3 is 3.04 bits per heavy atom. The highest BCUT2D eigenvalue weighted by atomic mass is 35.5. The summed E-state index contributed by atoms with van der Waals surface area (Å²) in [5.74, 6) is 1.14. The van der Waals surface area contributed by atoms with Gasteiger partial charge in [0, 0.05) is 35.3 Å². The molecule has 0 bridgehead atoms. The number of H-pyrrole nitrogens is 1. The second-order valence-corrected chi connectivity index (χ2v) is 7.08. The Labute approximate surface area is 166 Å². The first-order valence-corrected chi connectivity index (χ1v) is 9.21. The number of nitriles is 1. The molecule has 3 aromatic rings. The Kier molecular flexibility index (Phi) is 4.84. The number of aromatic amines is 1. The van der Waals surface area contributed by atoms with Crippen molar-refractivity contribution in [3.63, 3.8) is 0 Å². The zero-order valence-corrected chi connectivity index (χ0v) is 15.9. The molecule has 1 aromatic carbocycles. The fourth-order valence-corrected chi connectivity index (χ4v) is 3.30. The third kappa shape index (κ3) is 3.62. The summed E-state index contributed by atoms with van der Waals surface area (Å²) >= 11 is 6.32. The minimum atomic E-state index is -0.325. The van der Waals surface area contributed by atoms with Gasteiger partial charge in [-0.3, -0.25) is 0 Å². The first-order chi connectivity index (χ1) is 13.5. The number of fused-ring (bicyclic) bond motifs is 1. The second kappa shape index (κ2) is 7.44. The first-order valence-electron chi connectivity index (χ1n) is 8.83. The minimum Gasteiger partial charge on any atom is -0.484 e. The SMILES string of the molecule is Cc1cc(COc2cc3[nH]c(CNC(=O)N4CCC4C#N)cc3cc2Cl)on1. The summed E-state index contributed by atoms with van der Waals surface area (Å²) < 4.78 is 10.9. The van der Waals surface area contributed by atoms with Gasteiger partial charge >= 0.3 is 6.03 Å². The lowest BCUT2D eigenvalue weighted by Gasteiger charge is -2.36. The van der Waals surface area contributed by atoms with E-state index in [4.69, 9.17) is 26.1 Å². The molecule has 1 saturated heterocycles. The molecule has 1 aliphatic heterocycles. The van der Waals surface area contributed by atoms with E-state index in [1.165, 1.54) is 4.90 Å². The van der Waals surface area contributed by atoms with Crippen LogP contribution in [0.3, 0.4) is 0 Å². The van der Waals surface area contributed by atoms with E-state index in [9.17, 15) is 4.79 Å². The summed E-state index contributed by atoms with van der Waals surface area (Å²) in [6.07, 6.45) is 0.727. The van der Waals surface area contributed by atoms with Crippen molar-refractivity contribution in [3.05, 3.63) is 46.4 Å². The first kappa shape index (κ1) is 18.2. The van der Waals surface area contributed by atoms with Crippen molar-refractivity contribution in [3.8, 4) is 11.8 Å². The Balaban J connectivity index is 1.42. The van der Waals surface area contributed by atoms with Gasteiger partial charge in [-0.15, -0.1) is 0 Å². The monoisotopic (exact) mass is 399 g/mol. The molecule has 1 fully saturated rings. The number of halogens is 1. The van der Waals surface area contributed by atoms with Crippen LogP contribution in [0.5, 0.6) is 5.75 Å². The summed E-state index contributed by atoms with van der Waals surface area (Å²) in [5, 5.41) is 17.0. The van der Waals surface area contributed by atoms with Crippen molar-refractivity contribution in [2.75, 3.05) is 6.54 Å². The van der Waals surface area contributed by atoms with Crippen LogP contribution in [0.25, 0.3) is 10.9 Å². The molecular formula is C19H18ClN5O3. The van der Waals surface area contributed by atoms with Crippen LogP contribution < -0.4 is 10.1 Å². The van der Waals surface area contributed by atoms with Gasteiger partial charge in [-0.1, -0.05) is 16.8 Å². The number of hydrogen-bond donors (Lipinski definition) is 2. The van der Waals surface area contributed by atoms with E-state index in [1.54, 1.807) is 12.1 Å². The van der Waals surface area contributed by atoms with Gasteiger partial charge in [0.1, 0.15) is 18.4 Å². The summed E-state index contributed by atoms with van der Waals surface area (Å²) in [4.78, 5) is 16.9. The average molecular weight is 400 g/mol. The van der Waals surface area contributed by atoms with Crippen LogP contribution in [0.2, 0.25) is 5.02 Å². The van der Waals surface area contributed by atoms with E-state index in [1.807, 2.05) is 19.1 Å². The van der Waals surface area contributed by atoms with Crippen LogP contribution in [0.4, 0.5) is 4.79 Å². The molecule has 9 heteroatoms. The van der Waals surface area contributed by atoms with E-state index in [-0.39, 0.29) is 18.7 Å². The molecule has 3 heterocycles. The molecule has 0 spiro atoms. The Morgan fingerprint density at radius 2 is 2.36 bits per heavy atom. The molecule has 1 aliphatic rings. The largest absolute Gasteiger partial charge is 0.484 e. The predicted molar refractivity (Wildman–Crippen MR) is 102 cm³/mol. The van der Waals surface area contributed by atoms with E-state index in [0.29, 0.717) is 29.6 Å². The summed E-state index contributed by atoms with van der Waals surface area (Å²) in [7, 11) is 0. The lowest BCUT2D eigenvalue weighted by molar-refractivity contribution is 0.141. The molecule has 28 heavy (non-hydrogen) atoms. The number of carbonyl (C=O) groups excluding carboxylic acids is 1. The van der Waals surface area contributed by atoms with E-state index in [0.717, 1.165) is 28.7 Å². The molecule has 4 rings (SSSR count). The van der Waals surface area contributed by atoms with Gasteiger partial charge in [-0.25, -0.2) is 4.79 Å². The number of carbonyl (C=O) groups is 1. The molecule has 2 N–H and O–H groups in total. The van der Waals surface area contributed by atoms with Crippen molar-refractivity contribution in [1.82, 2.24) is 20.4 Å². The smallest absolute Gasteiger partial charge is 0.318 e. The van der Waals surface area contributed by atoms with Gasteiger partial charge in [0.15, 0.2) is 5.76 Å². The van der Waals surface area contributed by atoms with Crippen LogP contribution in [0.1, 0.15) is 23.6 Å². The van der Waals surface area contributed by atoms with Crippen LogP contribution in [-0.4, -0.2) is 33.7 Å². The van der Waals surface area contributed by atoms with Gasteiger partial charge in [0.05, 0.1) is 23.3 Å². The maximum absolute atomic E-state index is 12.1. The van der Waals surface area contributed by atoms with Crippen molar-refractivity contribution < 1.29 is 14.1 Å². The molecule has 1 unspecified atom stereocenters. The van der Waals surface area contributed by atoms with Crippen molar-refractivity contribution >= 4 is 28.5 Å². The maximum Gasteiger partial charge on any atom is 0.318 e. The predicted octanol–water partition coefficient (Wildman–Crippen LogP) is 3.50. The van der Waals surface area contributed by atoms with Crippen molar-refractivity contribution in [1.29, 1.82) is 5.26 Å². The zero-order chi connectivity index (χ0) is 19.7. The molecule has 0 saturated carbocycles. The molecule has 0 aliphatic carbocycles. The minimum absolute atomic E-state index is 0.228. The molecule has 1 atom stereocenters. The third-order valence-electron chi connectivity index (χ3n) is 4.64. The zero-order valence-electron chi connectivity index (χ0n) is 15.2. The molecule has 2 aromatic heterocycles. The lowest BCUT2D eigenvalue weighted by atomic mass is 10.1. The van der Waals surface area contributed by atoms with E-state index < -0.39 is 0 Å². The fraction of sp³-hybridized carbons (Fsp3) is 0.316. The Bertz CT molecular complexity index is 1070. The number of hydrogen-bond acceptors (Lipinski definition) is 5. The lowest BCUT2D eigenvalue weighted by Crippen LogP contribution is -2.54. The number of benzene rings is 1. The van der Waals surface area contributed by atoms with Crippen LogP contribution in [0.15, 0.2) is 28.8 Å². The van der Waals surface area contributed by atoms with E-state index in [2.05, 4.69) is 21.5 Å². The van der Waals surface area contributed by atoms with Gasteiger partial charge in [0.2, 0.25) is 0 Å². The van der Waals surface area contributed by atoms with Crippen LogP contribution in [-0.2, 0) is 13.2 Å². The summed E-state index contributed by atoms with van der Waals surface area (Å²) in [6, 6.07) is 8.89. The number of amides is 2. The standard InChI is InChI=1S/C19H18ClN5O3/c1-11-4-15(28-24-11)10-27-18-7-17-12(6-16(18)20)5-13(23-17)9-22-19(26)25-3-2-14(25)8-21/h4-7,14,23H,2-3,9-10H2,1H3,(H,22,26). The van der Waals surface area contributed by atoms with Gasteiger partial charge in [-0.05, 0) is 25.5 Å². The van der Waals surface area contributed by atoms with E-state index >= 15 is 0 Å². The Hall–Kier alpha value is -3.18. The number of nitrogens with one attached hydrogen (secondary N) is 2. The number of nitrogens with zero attached hydrogens (tertiary/aromatic N) is 3.